The van der Waals surface area contributed by atoms with E-state index in [0.29, 0.717) is 21.2 Å². The average molecular weight is 328 g/mol. The van der Waals surface area contributed by atoms with E-state index in [2.05, 4.69) is 0 Å². The zero-order valence-electron chi connectivity index (χ0n) is 11.1. The fraction of sp³-hybridized carbons (Fsp3) is 0.133. The Balaban J connectivity index is 2.10. The van der Waals surface area contributed by atoms with Gasteiger partial charge >= 0.3 is 5.97 Å². The van der Waals surface area contributed by atoms with E-state index in [1.165, 1.54) is 13.0 Å². The lowest BCUT2D eigenvalue weighted by Gasteiger charge is -2.08. The number of carbonyl (C=O) groups is 1. The third-order valence-electron chi connectivity index (χ3n) is 2.97. The Bertz CT molecular complexity index is 681. The molecule has 110 valence electrons. The second-order valence-corrected chi connectivity index (χ2v) is 5.31. The molecule has 2 aromatic carbocycles. The molecule has 0 bridgehead atoms. The highest BCUT2D eigenvalue weighted by atomic mass is 35.5. The van der Waals surface area contributed by atoms with E-state index in [9.17, 15) is 9.18 Å². The summed E-state index contributed by atoms with van der Waals surface area (Å²) < 4.78 is 18.6. The molecule has 0 spiro atoms. The molecule has 0 aromatic heterocycles. The van der Waals surface area contributed by atoms with Crippen LogP contribution in [0.25, 0.3) is 0 Å². The van der Waals surface area contributed by atoms with Crippen LogP contribution in [0.15, 0.2) is 30.3 Å². The molecule has 0 aliphatic heterocycles. The minimum Gasteiger partial charge on any atom is -0.457 e. The van der Waals surface area contributed by atoms with E-state index in [-0.39, 0.29) is 17.9 Å². The van der Waals surface area contributed by atoms with Crippen LogP contribution in [0.3, 0.4) is 0 Å². The summed E-state index contributed by atoms with van der Waals surface area (Å²) in [5.41, 5.74) is 6.87. The van der Waals surface area contributed by atoms with Crippen molar-refractivity contribution in [1.82, 2.24) is 0 Å². The smallest absolute Gasteiger partial charge is 0.338 e. The van der Waals surface area contributed by atoms with Crippen LogP contribution in [0.2, 0.25) is 10.0 Å². The van der Waals surface area contributed by atoms with Crippen molar-refractivity contribution in [3.8, 4) is 0 Å². The number of rotatable bonds is 3. The molecule has 6 heteroatoms. The predicted molar refractivity (Wildman–Crippen MR) is 81.1 cm³/mol. The molecule has 0 saturated carbocycles. The molecule has 0 atom stereocenters. The maximum atomic E-state index is 13.5. The fourth-order valence-corrected chi connectivity index (χ4v) is 2.00. The molecule has 3 nitrogen and oxygen atoms in total. The standard InChI is InChI=1S/C15H12Cl2FNO2/c1-8-13(18)5-10(6-14(8)19)15(20)21-7-9-2-3-11(16)12(17)4-9/h2-6H,7,19H2,1H3. The molecule has 0 amide bonds. The Morgan fingerprint density at radius 2 is 1.95 bits per heavy atom. The van der Waals surface area contributed by atoms with Crippen molar-refractivity contribution < 1.29 is 13.9 Å². The first-order valence-corrected chi connectivity index (χ1v) is 6.80. The van der Waals surface area contributed by atoms with Crippen LogP contribution >= 0.6 is 23.2 Å². The number of anilines is 1. The number of ether oxygens (including phenoxy) is 1. The summed E-state index contributed by atoms with van der Waals surface area (Å²) in [5.74, 6) is -1.21. The van der Waals surface area contributed by atoms with Crippen LogP contribution in [0.1, 0.15) is 21.5 Å². The van der Waals surface area contributed by atoms with Crippen molar-refractivity contribution in [1.29, 1.82) is 0 Å². The molecule has 2 rings (SSSR count). The van der Waals surface area contributed by atoms with Crippen molar-refractivity contribution in [3.63, 3.8) is 0 Å². The van der Waals surface area contributed by atoms with Gasteiger partial charge in [0.1, 0.15) is 12.4 Å². The molecule has 0 fully saturated rings. The minimum absolute atomic E-state index is 0.00508. The maximum Gasteiger partial charge on any atom is 0.338 e. The fourth-order valence-electron chi connectivity index (χ4n) is 1.68. The number of halogens is 3. The van der Waals surface area contributed by atoms with Crippen molar-refractivity contribution in [2.45, 2.75) is 13.5 Å². The van der Waals surface area contributed by atoms with E-state index in [4.69, 9.17) is 33.7 Å². The summed E-state index contributed by atoms with van der Waals surface area (Å²) in [7, 11) is 0. The third-order valence-corrected chi connectivity index (χ3v) is 3.71. The first-order valence-electron chi connectivity index (χ1n) is 6.05. The van der Waals surface area contributed by atoms with Crippen LogP contribution < -0.4 is 5.73 Å². The number of nitrogens with two attached hydrogens (primary N) is 1. The van der Waals surface area contributed by atoms with Gasteiger partial charge in [-0.25, -0.2) is 9.18 Å². The van der Waals surface area contributed by atoms with Crippen molar-refractivity contribution in [2.24, 2.45) is 0 Å². The second kappa shape index (κ2) is 6.33. The maximum absolute atomic E-state index is 13.5. The molecule has 2 N–H and O–H groups in total. The first kappa shape index (κ1) is 15.6. The van der Waals surface area contributed by atoms with Crippen LogP contribution in [0, 0.1) is 12.7 Å². The summed E-state index contributed by atoms with van der Waals surface area (Å²) in [6, 6.07) is 7.38. The van der Waals surface area contributed by atoms with Gasteiger partial charge in [-0.3, -0.25) is 0 Å². The van der Waals surface area contributed by atoms with Gasteiger partial charge in [0, 0.05) is 11.3 Å². The van der Waals surface area contributed by atoms with Crippen molar-refractivity contribution >= 4 is 34.9 Å². The van der Waals surface area contributed by atoms with E-state index in [0.717, 1.165) is 6.07 Å². The highest BCUT2D eigenvalue weighted by Gasteiger charge is 2.12. The van der Waals surface area contributed by atoms with Gasteiger partial charge in [-0.05, 0) is 36.8 Å². The van der Waals surface area contributed by atoms with E-state index < -0.39 is 11.8 Å². The van der Waals surface area contributed by atoms with Gasteiger partial charge in [0.15, 0.2) is 0 Å². The summed E-state index contributed by atoms with van der Waals surface area (Å²) in [6.45, 7) is 1.54. The zero-order valence-corrected chi connectivity index (χ0v) is 12.6. The Kier molecular flexibility index (Phi) is 4.70. The molecule has 0 saturated heterocycles. The molecule has 0 unspecified atom stereocenters. The summed E-state index contributed by atoms with van der Waals surface area (Å²) in [6.07, 6.45) is 0. The Hall–Kier alpha value is -1.78. The molecule has 0 aliphatic carbocycles. The monoisotopic (exact) mass is 327 g/mol. The quantitative estimate of drug-likeness (QED) is 0.672. The van der Waals surface area contributed by atoms with Crippen LogP contribution in [0.4, 0.5) is 10.1 Å². The Morgan fingerprint density at radius 3 is 2.57 bits per heavy atom. The summed E-state index contributed by atoms with van der Waals surface area (Å²) >= 11 is 11.7. The van der Waals surface area contributed by atoms with Crippen LogP contribution in [-0.2, 0) is 11.3 Å². The van der Waals surface area contributed by atoms with Crippen molar-refractivity contribution in [3.05, 3.63) is 62.9 Å². The summed E-state index contributed by atoms with van der Waals surface area (Å²) in [4.78, 5) is 11.9. The van der Waals surface area contributed by atoms with Crippen LogP contribution in [0.5, 0.6) is 0 Å². The number of hydrogen-bond donors (Lipinski definition) is 1. The molecule has 2 aromatic rings. The summed E-state index contributed by atoms with van der Waals surface area (Å²) in [5, 5.41) is 0.788. The van der Waals surface area contributed by atoms with E-state index in [1.807, 2.05) is 0 Å². The lowest BCUT2D eigenvalue weighted by molar-refractivity contribution is 0.0472. The lowest BCUT2D eigenvalue weighted by atomic mass is 10.1. The van der Waals surface area contributed by atoms with Gasteiger partial charge in [-0.1, -0.05) is 29.3 Å². The Morgan fingerprint density at radius 1 is 1.24 bits per heavy atom. The molecular weight excluding hydrogens is 316 g/mol. The van der Waals surface area contributed by atoms with Gasteiger partial charge in [-0.2, -0.15) is 0 Å². The highest BCUT2D eigenvalue weighted by Crippen LogP contribution is 2.23. The number of nitrogen functional groups attached to an aromatic ring is 1. The molecular formula is C15H12Cl2FNO2. The van der Waals surface area contributed by atoms with Gasteiger partial charge < -0.3 is 10.5 Å². The lowest BCUT2D eigenvalue weighted by Crippen LogP contribution is -2.07. The number of benzene rings is 2. The first-order chi connectivity index (χ1) is 9.88. The molecule has 21 heavy (non-hydrogen) atoms. The topological polar surface area (TPSA) is 52.3 Å². The highest BCUT2D eigenvalue weighted by molar-refractivity contribution is 6.42. The van der Waals surface area contributed by atoms with Gasteiger partial charge in [0.2, 0.25) is 0 Å². The third kappa shape index (κ3) is 3.65. The SMILES string of the molecule is Cc1c(N)cc(C(=O)OCc2ccc(Cl)c(Cl)c2)cc1F. The average Bonchev–Trinajstić information content (AvgIpc) is 2.45. The molecule has 0 aliphatic rings. The largest absolute Gasteiger partial charge is 0.457 e. The number of hydrogen-bond acceptors (Lipinski definition) is 3. The molecule has 0 radical (unpaired) electrons. The van der Waals surface area contributed by atoms with Crippen molar-refractivity contribution in [2.75, 3.05) is 5.73 Å². The van der Waals surface area contributed by atoms with E-state index >= 15 is 0 Å². The predicted octanol–water partition coefficient (Wildman–Crippen LogP) is 4.38. The number of esters is 1. The normalized spacial score (nSPS) is 10.5. The zero-order chi connectivity index (χ0) is 15.6. The number of carbonyl (C=O) groups excluding carboxylic acids is 1. The Labute approximate surface area is 131 Å². The minimum atomic E-state index is -0.660. The van der Waals surface area contributed by atoms with Gasteiger partial charge in [0.25, 0.3) is 0 Å². The van der Waals surface area contributed by atoms with Crippen LogP contribution in [-0.4, -0.2) is 5.97 Å². The van der Waals surface area contributed by atoms with E-state index in [1.54, 1.807) is 18.2 Å². The van der Waals surface area contributed by atoms with Gasteiger partial charge in [0.05, 0.1) is 15.6 Å². The molecule has 0 heterocycles. The van der Waals surface area contributed by atoms with Gasteiger partial charge in [-0.15, -0.1) is 0 Å². The second-order valence-electron chi connectivity index (χ2n) is 4.50.